The molecule has 1 amide bonds. The molecule has 1 atom stereocenters. The predicted molar refractivity (Wildman–Crippen MR) is 73.0 cm³/mol. The Bertz CT molecular complexity index is 323. The maximum Gasteiger partial charge on any atom is 0.234 e. The fraction of sp³-hybridized carbons (Fsp3) is 0.846. The molecule has 1 aliphatic carbocycles. The highest BCUT2D eigenvalue weighted by Gasteiger charge is 2.43. The summed E-state index contributed by atoms with van der Waals surface area (Å²) in [5.41, 5.74) is 4.94. The fourth-order valence-corrected chi connectivity index (χ4v) is 2.68. The van der Waals surface area contributed by atoms with Gasteiger partial charge in [0.2, 0.25) is 5.91 Å². The standard InChI is InChI=1S/C13H25N3O3/c1-10(9-19-2)15-12(17)13(11(14)16-18)7-5-3-4-6-8-13/h10,18H,3-9H2,1-2H3,(H2,14,16)(H,15,17). The highest BCUT2D eigenvalue weighted by atomic mass is 16.5. The molecule has 0 radical (unpaired) electrons. The summed E-state index contributed by atoms with van der Waals surface area (Å²) in [5.74, 6) is -0.134. The smallest absolute Gasteiger partial charge is 0.234 e. The number of amides is 1. The van der Waals surface area contributed by atoms with Gasteiger partial charge in [0, 0.05) is 13.2 Å². The average molecular weight is 271 g/mol. The molecule has 6 nitrogen and oxygen atoms in total. The van der Waals surface area contributed by atoms with Crippen molar-refractivity contribution in [3.05, 3.63) is 0 Å². The van der Waals surface area contributed by atoms with Crippen molar-refractivity contribution >= 4 is 11.7 Å². The van der Waals surface area contributed by atoms with E-state index in [-0.39, 0.29) is 17.8 Å². The first-order valence-electron chi connectivity index (χ1n) is 6.84. The van der Waals surface area contributed by atoms with E-state index in [1.807, 2.05) is 6.92 Å². The van der Waals surface area contributed by atoms with Gasteiger partial charge in [-0.05, 0) is 19.8 Å². The summed E-state index contributed by atoms with van der Waals surface area (Å²) in [6.45, 7) is 2.32. The highest BCUT2D eigenvalue weighted by molar-refractivity contribution is 6.06. The lowest BCUT2D eigenvalue weighted by Gasteiger charge is -2.31. The number of nitrogens with one attached hydrogen (secondary N) is 1. The molecule has 0 heterocycles. The number of methoxy groups -OCH3 is 1. The molecule has 0 aromatic rings. The Morgan fingerprint density at radius 1 is 1.42 bits per heavy atom. The number of oxime groups is 1. The van der Waals surface area contributed by atoms with Gasteiger partial charge < -0.3 is 21.0 Å². The van der Waals surface area contributed by atoms with E-state index in [0.29, 0.717) is 19.4 Å². The second-order valence-electron chi connectivity index (χ2n) is 5.31. The summed E-state index contributed by atoms with van der Waals surface area (Å²) in [5, 5.41) is 15.0. The van der Waals surface area contributed by atoms with Crippen LogP contribution in [0.5, 0.6) is 0 Å². The largest absolute Gasteiger partial charge is 0.409 e. The zero-order valence-corrected chi connectivity index (χ0v) is 11.8. The number of hydrogen-bond acceptors (Lipinski definition) is 4. The molecule has 1 saturated carbocycles. The van der Waals surface area contributed by atoms with Crippen LogP contribution in [0.1, 0.15) is 45.4 Å². The normalized spacial score (nSPS) is 21.5. The van der Waals surface area contributed by atoms with Crippen molar-refractivity contribution in [2.45, 2.75) is 51.5 Å². The first-order valence-corrected chi connectivity index (χ1v) is 6.84. The van der Waals surface area contributed by atoms with Crippen molar-refractivity contribution in [2.24, 2.45) is 16.3 Å². The zero-order valence-electron chi connectivity index (χ0n) is 11.8. The van der Waals surface area contributed by atoms with E-state index in [2.05, 4.69) is 10.5 Å². The minimum absolute atomic E-state index is 0.0246. The van der Waals surface area contributed by atoms with Gasteiger partial charge in [0.05, 0.1) is 6.61 Å². The minimum Gasteiger partial charge on any atom is -0.409 e. The second kappa shape index (κ2) is 7.33. The van der Waals surface area contributed by atoms with Crippen molar-refractivity contribution in [2.75, 3.05) is 13.7 Å². The lowest BCUT2D eigenvalue weighted by molar-refractivity contribution is -0.129. The highest BCUT2D eigenvalue weighted by Crippen LogP contribution is 2.35. The second-order valence-corrected chi connectivity index (χ2v) is 5.31. The van der Waals surface area contributed by atoms with Gasteiger partial charge in [-0.1, -0.05) is 30.8 Å². The monoisotopic (exact) mass is 271 g/mol. The maximum absolute atomic E-state index is 12.5. The van der Waals surface area contributed by atoms with E-state index in [0.717, 1.165) is 25.7 Å². The summed E-state index contributed by atoms with van der Waals surface area (Å²) >= 11 is 0. The summed E-state index contributed by atoms with van der Waals surface area (Å²) < 4.78 is 5.01. The molecule has 6 heteroatoms. The van der Waals surface area contributed by atoms with E-state index in [1.54, 1.807) is 7.11 Å². The van der Waals surface area contributed by atoms with Gasteiger partial charge in [-0.25, -0.2) is 0 Å². The van der Waals surface area contributed by atoms with E-state index >= 15 is 0 Å². The van der Waals surface area contributed by atoms with Crippen molar-refractivity contribution < 1.29 is 14.7 Å². The van der Waals surface area contributed by atoms with E-state index in [4.69, 9.17) is 15.7 Å². The molecule has 1 unspecified atom stereocenters. The van der Waals surface area contributed by atoms with Gasteiger partial charge in [-0.3, -0.25) is 4.79 Å². The molecule has 0 bridgehead atoms. The first kappa shape index (κ1) is 15.8. The third-order valence-electron chi connectivity index (χ3n) is 3.78. The van der Waals surface area contributed by atoms with Gasteiger partial charge >= 0.3 is 0 Å². The fourth-order valence-electron chi connectivity index (χ4n) is 2.68. The van der Waals surface area contributed by atoms with Crippen LogP contribution >= 0.6 is 0 Å². The molecule has 1 rings (SSSR count). The average Bonchev–Trinajstić information content (AvgIpc) is 2.64. The summed E-state index contributed by atoms with van der Waals surface area (Å²) in [7, 11) is 1.59. The lowest BCUT2D eigenvalue weighted by atomic mass is 9.78. The number of rotatable bonds is 5. The van der Waals surface area contributed by atoms with E-state index < -0.39 is 5.41 Å². The van der Waals surface area contributed by atoms with Crippen LogP contribution in [0.15, 0.2) is 5.16 Å². The Kier molecular flexibility index (Phi) is 6.08. The molecule has 110 valence electrons. The van der Waals surface area contributed by atoms with Crippen molar-refractivity contribution in [1.82, 2.24) is 5.32 Å². The number of amidine groups is 1. The van der Waals surface area contributed by atoms with E-state index in [1.165, 1.54) is 0 Å². The Labute approximate surface area is 114 Å². The van der Waals surface area contributed by atoms with Crippen LogP contribution in [-0.4, -0.2) is 36.7 Å². The Morgan fingerprint density at radius 2 is 2.00 bits per heavy atom. The molecule has 0 aromatic heterocycles. The number of carbonyl (C=O) groups is 1. The zero-order chi connectivity index (χ0) is 14.3. The van der Waals surface area contributed by atoms with Gasteiger partial charge in [0.15, 0.2) is 5.84 Å². The number of nitrogens with zero attached hydrogens (tertiary/aromatic N) is 1. The summed E-state index contributed by atoms with van der Waals surface area (Å²) in [6, 6.07) is -0.0934. The van der Waals surface area contributed by atoms with Crippen molar-refractivity contribution in [3.8, 4) is 0 Å². The van der Waals surface area contributed by atoms with Gasteiger partial charge in [0.1, 0.15) is 5.41 Å². The molecule has 0 aromatic carbocycles. The SMILES string of the molecule is COCC(C)NC(=O)C1(C(N)=NO)CCCCCC1. The van der Waals surface area contributed by atoms with Crippen molar-refractivity contribution in [3.63, 3.8) is 0 Å². The number of hydrogen-bond donors (Lipinski definition) is 3. The van der Waals surface area contributed by atoms with Crippen molar-refractivity contribution in [1.29, 1.82) is 0 Å². The minimum atomic E-state index is -0.868. The van der Waals surface area contributed by atoms with Crippen LogP contribution in [0.3, 0.4) is 0 Å². The van der Waals surface area contributed by atoms with Gasteiger partial charge in [0.25, 0.3) is 0 Å². The molecule has 1 aliphatic rings. The molecule has 0 saturated heterocycles. The first-order chi connectivity index (χ1) is 9.06. The Morgan fingerprint density at radius 3 is 2.47 bits per heavy atom. The number of ether oxygens (including phenoxy) is 1. The van der Waals surface area contributed by atoms with Gasteiger partial charge in [-0.2, -0.15) is 0 Å². The summed E-state index contributed by atoms with van der Waals surface area (Å²) in [6.07, 6.45) is 5.27. The number of carbonyl (C=O) groups excluding carboxylic acids is 1. The predicted octanol–water partition coefficient (Wildman–Crippen LogP) is 1.22. The number of nitrogens with two attached hydrogens (primary N) is 1. The molecule has 4 N–H and O–H groups in total. The van der Waals surface area contributed by atoms with Crippen LogP contribution in [0.4, 0.5) is 0 Å². The maximum atomic E-state index is 12.5. The quantitative estimate of drug-likeness (QED) is 0.230. The van der Waals surface area contributed by atoms with Crippen LogP contribution < -0.4 is 11.1 Å². The lowest BCUT2D eigenvalue weighted by Crippen LogP contribution is -2.52. The topological polar surface area (TPSA) is 96.9 Å². The molecular weight excluding hydrogens is 246 g/mol. The Balaban J connectivity index is 2.86. The molecule has 0 spiro atoms. The summed E-state index contributed by atoms with van der Waals surface area (Å²) in [4.78, 5) is 12.5. The van der Waals surface area contributed by atoms with Crippen LogP contribution in [0.25, 0.3) is 0 Å². The molecule has 1 fully saturated rings. The van der Waals surface area contributed by atoms with Gasteiger partial charge in [-0.15, -0.1) is 0 Å². The molecule has 0 aliphatic heterocycles. The third-order valence-corrected chi connectivity index (χ3v) is 3.78. The Hall–Kier alpha value is -1.30. The van der Waals surface area contributed by atoms with Crippen LogP contribution in [0, 0.1) is 5.41 Å². The van der Waals surface area contributed by atoms with Crippen LogP contribution in [0.2, 0.25) is 0 Å². The third kappa shape index (κ3) is 3.83. The molecular formula is C13H25N3O3. The van der Waals surface area contributed by atoms with Crippen LogP contribution in [-0.2, 0) is 9.53 Å². The molecule has 19 heavy (non-hydrogen) atoms. The van der Waals surface area contributed by atoms with E-state index in [9.17, 15) is 4.79 Å².